The van der Waals surface area contributed by atoms with Gasteiger partial charge in [0.1, 0.15) is 5.75 Å². The van der Waals surface area contributed by atoms with Crippen LogP contribution in [0.3, 0.4) is 0 Å². The quantitative estimate of drug-likeness (QED) is 0.827. The number of hydrogen-bond donors (Lipinski definition) is 1. The van der Waals surface area contributed by atoms with Crippen molar-refractivity contribution in [1.82, 2.24) is 4.57 Å². The molecule has 1 aromatic heterocycles. The summed E-state index contributed by atoms with van der Waals surface area (Å²) in [5.41, 5.74) is 2.25. The summed E-state index contributed by atoms with van der Waals surface area (Å²) in [6, 6.07) is 6.45. The Bertz CT molecular complexity index is 517. The molecule has 0 aliphatic carbocycles. The van der Waals surface area contributed by atoms with Gasteiger partial charge in [-0.3, -0.25) is 4.84 Å². The van der Waals surface area contributed by atoms with Crippen molar-refractivity contribution in [3.8, 4) is 5.75 Å². The van der Waals surface area contributed by atoms with E-state index in [2.05, 4.69) is 30.7 Å². The van der Waals surface area contributed by atoms with Crippen molar-refractivity contribution in [3.63, 3.8) is 0 Å². The Morgan fingerprint density at radius 3 is 2.71 bits per heavy atom. The second-order valence-corrected chi connectivity index (χ2v) is 4.35. The van der Waals surface area contributed by atoms with Crippen molar-refractivity contribution in [1.29, 1.82) is 0 Å². The van der Waals surface area contributed by atoms with Crippen LogP contribution >= 0.6 is 0 Å². The first-order valence-corrected chi connectivity index (χ1v) is 5.66. The molecule has 2 aromatic rings. The van der Waals surface area contributed by atoms with Crippen LogP contribution < -0.4 is 10.6 Å². The molecular weight excluding hydrogens is 216 g/mol. The standard InChI is InChI=1S/C13H18N2O2/c1-9(2)15-7-10(8-17-14)12-6-11(16-3)4-5-13(12)15/h4-7,9H,8,14H2,1-3H3. The molecule has 0 saturated heterocycles. The Labute approximate surface area is 101 Å². The largest absolute Gasteiger partial charge is 0.497 e. The summed E-state index contributed by atoms with van der Waals surface area (Å²) in [6.45, 7) is 4.71. The SMILES string of the molecule is COc1ccc2c(c1)c(CON)cn2C(C)C. The summed E-state index contributed by atoms with van der Waals surface area (Å²) >= 11 is 0. The second kappa shape index (κ2) is 4.77. The summed E-state index contributed by atoms with van der Waals surface area (Å²) in [4.78, 5) is 4.75. The zero-order valence-corrected chi connectivity index (χ0v) is 10.4. The summed E-state index contributed by atoms with van der Waals surface area (Å²) < 4.78 is 7.46. The average molecular weight is 234 g/mol. The highest BCUT2D eigenvalue weighted by Gasteiger charge is 2.11. The maximum atomic E-state index is 5.24. The van der Waals surface area contributed by atoms with Crippen LogP contribution in [0.4, 0.5) is 0 Å². The fourth-order valence-electron chi connectivity index (χ4n) is 2.06. The van der Waals surface area contributed by atoms with Gasteiger partial charge in [-0.05, 0) is 32.0 Å². The number of rotatable bonds is 4. The Kier molecular flexibility index (Phi) is 3.36. The van der Waals surface area contributed by atoms with Gasteiger partial charge >= 0.3 is 0 Å². The van der Waals surface area contributed by atoms with E-state index in [1.807, 2.05) is 12.1 Å². The van der Waals surface area contributed by atoms with Crippen LogP contribution in [0.15, 0.2) is 24.4 Å². The van der Waals surface area contributed by atoms with Gasteiger partial charge in [0.05, 0.1) is 13.7 Å². The number of nitrogens with two attached hydrogens (primary N) is 1. The van der Waals surface area contributed by atoms with Crippen LogP contribution in [0.5, 0.6) is 5.75 Å². The minimum Gasteiger partial charge on any atom is -0.497 e. The third-order valence-corrected chi connectivity index (χ3v) is 2.92. The number of fused-ring (bicyclic) bond motifs is 1. The number of hydrogen-bond acceptors (Lipinski definition) is 3. The molecule has 92 valence electrons. The summed E-state index contributed by atoms with van der Waals surface area (Å²) in [7, 11) is 1.67. The molecule has 0 atom stereocenters. The minimum absolute atomic E-state index is 0.400. The molecule has 0 bridgehead atoms. The average Bonchev–Trinajstić information content (AvgIpc) is 2.68. The topological polar surface area (TPSA) is 49.4 Å². The van der Waals surface area contributed by atoms with Gasteiger partial charge in [0, 0.05) is 28.7 Å². The Hall–Kier alpha value is -1.52. The lowest BCUT2D eigenvalue weighted by molar-refractivity contribution is 0.125. The molecule has 17 heavy (non-hydrogen) atoms. The summed E-state index contributed by atoms with van der Waals surface area (Å²) in [6.07, 6.45) is 2.08. The van der Waals surface area contributed by atoms with Gasteiger partial charge in [-0.25, -0.2) is 5.90 Å². The molecular formula is C13H18N2O2. The van der Waals surface area contributed by atoms with Gasteiger partial charge in [-0.1, -0.05) is 0 Å². The summed E-state index contributed by atoms with van der Waals surface area (Å²) in [5, 5.41) is 1.13. The van der Waals surface area contributed by atoms with E-state index < -0.39 is 0 Å². The van der Waals surface area contributed by atoms with E-state index >= 15 is 0 Å². The highest BCUT2D eigenvalue weighted by Crippen LogP contribution is 2.28. The summed E-state index contributed by atoms with van der Waals surface area (Å²) in [5.74, 6) is 6.01. The second-order valence-electron chi connectivity index (χ2n) is 4.35. The highest BCUT2D eigenvalue weighted by atomic mass is 16.6. The predicted octanol–water partition coefficient (Wildman–Crippen LogP) is 2.62. The van der Waals surface area contributed by atoms with E-state index in [0.29, 0.717) is 12.6 Å². The smallest absolute Gasteiger partial charge is 0.119 e. The van der Waals surface area contributed by atoms with E-state index in [0.717, 1.165) is 16.7 Å². The van der Waals surface area contributed by atoms with Crippen LogP contribution in [-0.4, -0.2) is 11.7 Å². The lowest BCUT2D eigenvalue weighted by Crippen LogP contribution is -1.99. The fraction of sp³-hybridized carbons (Fsp3) is 0.385. The Balaban J connectivity index is 2.63. The van der Waals surface area contributed by atoms with Gasteiger partial charge in [0.25, 0.3) is 0 Å². The van der Waals surface area contributed by atoms with E-state index in [-0.39, 0.29) is 0 Å². The zero-order valence-electron chi connectivity index (χ0n) is 10.4. The van der Waals surface area contributed by atoms with E-state index in [1.165, 1.54) is 5.52 Å². The molecule has 0 aliphatic rings. The van der Waals surface area contributed by atoms with Gasteiger partial charge in [-0.15, -0.1) is 0 Å². The van der Waals surface area contributed by atoms with E-state index in [9.17, 15) is 0 Å². The number of benzene rings is 1. The maximum Gasteiger partial charge on any atom is 0.119 e. The third kappa shape index (κ3) is 2.14. The lowest BCUT2D eigenvalue weighted by Gasteiger charge is -2.09. The Morgan fingerprint density at radius 2 is 2.12 bits per heavy atom. The van der Waals surface area contributed by atoms with Crippen molar-refractivity contribution in [2.75, 3.05) is 7.11 Å². The van der Waals surface area contributed by atoms with E-state index in [4.69, 9.17) is 15.5 Å². The molecule has 2 rings (SSSR count). The molecule has 0 spiro atoms. The van der Waals surface area contributed by atoms with Gasteiger partial charge in [0.15, 0.2) is 0 Å². The Morgan fingerprint density at radius 1 is 1.35 bits per heavy atom. The zero-order chi connectivity index (χ0) is 12.4. The molecule has 1 aromatic carbocycles. The fourth-order valence-corrected chi connectivity index (χ4v) is 2.06. The normalized spacial score (nSPS) is 11.4. The number of methoxy groups -OCH3 is 1. The number of ether oxygens (including phenoxy) is 1. The van der Waals surface area contributed by atoms with Crippen LogP contribution in [0.25, 0.3) is 10.9 Å². The van der Waals surface area contributed by atoms with E-state index in [1.54, 1.807) is 7.11 Å². The van der Waals surface area contributed by atoms with Crippen molar-refractivity contribution in [2.24, 2.45) is 5.90 Å². The number of aromatic nitrogens is 1. The maximum absolute atomic E-state index is 5.24. The van der Waals surface area contributed by atoms with Crippen molar-refractivity contribution in [2.45, 2.75) is 26.5 Å². The molecule has 1 heterocycles. The van der Waals surface area contributed by atoms with Crippen LogP contribution in [0.1, 0.15) is 25.5 Å². The molecule has 0 unspecified atom stereocenters. The van der Waals surface area contributed by atoms with Crippen molar-refractivity contribution < 1.29 is 9.57 Å². The van der Waals surface area contributed by atoms with Gasteiger partial charge in [0.2, 0.25) is 0 Å². The first kappa shape index (κ1) is 12.0. The molecule has 0 saturated carbocycles. The molecule has 0 amide bonds. The monoisotopic (exact) mass is 234 g/mol. The van der Waals surface area contributed by atoms with Crippen LogP contribution in [0.2, 0.25) is 0 Å². The lowest BCUT2D eigenvalue weighted by atomic mass is 10.2. The van der Waals surface area contributed by atoms with Crippen LogP contribution in [0, 0.1) is 0 Å². The molecule has 2 N–H and O–H groups in total. The predicted molar refractivity (Wildman–Crippen MR) is 67.9 cm³/mol. The van der Waals surface area contributed by atoms with Gasteiger partial charge in [-0.2, -0.15) is 0 Å². The van der Waals surface area contributed by atoms with Crippen molar-refractivity contribution >= 4 is 10.9 Å². The first-order chi connectivity index (χ1) is 8.17. The molecule has 0 radical (unpaired) electrons. The highest BCUT2D eigenvalue weighted by molar-refractivity contribution is 5.85. The first-order valence-electron chi connectivity index (χ1n) is 5.66. The minimum atomic E-state index is 0.400. The third-order valence-electron chi connectivity index (χ3n) is 2.92. The van der Waals surface area contributed by atoms with Crippen molar-refractivity contribution in [3.05, 3.63) is 30.0 Å². The molecule has 4 nitrogen and oxygen atoms in total. The molecule has 0 fully saturated rings. The van der Waals surface area contributed by atoms with Gasteiger partial charge < -0.3 is 9.30 Å². The van der Waals surface area contributed by atoms with Crippen LogP contribution in [-0.2, 0) is 11.4 Å². The number of nitrogens with zero attached hydrogens (tertiary/aromatic N) is 1. The molecule has 0 aliphatic heterocycles. The molecule has 4 heteroatoms.